The molecule has 0 spiro atoms. The van der Waals surface area contributed by atoms with E-state index in [2.05, 4.69) is 22.7 Å². The number of hydrogen-bond acceptors (Lipinski definition) is 3. The zero-order chi connectivity index (χ0) is 7.49. The van der Waals surface area contributed by atoms with Crippen LogP contribution in [0.15, 0.2) is 0 Å². The molecule has 0 fully saturated rings. The fourth-order valence-electron chi connectivity index (χ4n) is 0.174. The van der Waals surface area contributed by atoms with E-state index in [-0.39, 0.29) is 5.91 Å². The van der Waals surface area contributed by atoms with Crippen LogP contribution < -0.4 is 5.48 Å². The lowest BCUT2D eigenvalue weighted by atomic mass is 9.96. The summed E-state index contributed by atoms with van der Waals surface area (Å²) in [5.74, 6) is -0.308. The fourth-order valence-corrected chi connectivity index (χ4v) is 0.248. The SMILES string of the molecule is CC(C)(C)C(=O)[N+]OS. The first kappa shape index (κ1) is 8.94. The molecule has 0 rings (SSSR count). The van der Waals surface area contributed by atoms with Crippen LogP contribution >= 0.6 is 12.9 Å². The van der Waals surface area contributed by atoms with Gasteiger partial charge in [0.15, 0.2) is 0 Å². The third-order valence-corrected chi connectivity index (χ3v) is 0.847. The quantitative estimate of drug-likeness (QED) is 0.341. The number of carbonyl (C=O) groups is 1. The molecule has 0 saturated carbocycles. The summed E-state index contributed by atoms with van der Waals surface area (Å²) in [5.41, 5.74) is 2.65. The van der Waals surface area contributed by atoms with Gasteiger partial charge < -0.3 is 0 Å². The van der Waals surface area contributed by atoms with Crippen molar-refractivity contribution in [3.8, 4) is 0 Å². The van der Waals surface area contributed by atoms with Gasteiger partial charge in [0.1, 0.15) is 0 Å². The second-order valence-corrected chi connectivity index (χ2v) is 2.89. The predicted molar refractivity (Wildman–Crippen MR) is 36.7 cm³/mol. The Morgan fingerprint density at radius 1 is 1.56 bits per heavy atom. The molecule has 0 aromatic carbocycles. The highest BCUT2D eigenvalue weighted by Crippen LogP contribution is 2.12. The van der Waals surface area contributed by atoms with Crippen LogP contribution in [-0.4, -0.2) is 5.91 Å². The van der Waals surface area contributed by atoms with Crippen molar-refractivity contribution in [3.05, 3.63) is 0 Å². The third-order valence-electron chi connectivity index (χ3n) is 0.765. The van der Waals surface area contributed by atoms with Gasteiger partial charge in [-0.1, -0.05) is 0 Å². The largest absolute Gasteiger partial charge is 0.477 e. The zero-order valence-electron chi connectivity index (χ0n) is 5.71. The Hall–Kier alpha value is -0.0600. The van der Waals surface area contributed by atoms with E-state index in [1.807, 2.05) is 0 Å². The molecule has 0 atom stereocenters. The van der Waals surface area contributed by atoms with Gasteiger partial charge in [-0.05, 0) is 25.1 Å². The van der Waals surface area contributed by atoms with Gasteiger partial charge in [0.25, 0.3) is 0 Å². The average molecular weight is 148 g/mol. The molecule has 2 radical (unpaired) electrons. The summed E-state index contributed by atoms with van der Waals surface area (Å²) in [6.45, 7) is 5.27. The number of hydroxylamine groups is 1. The Morgan fingerprint density at radius 3 is 2.11 bits per heavy atom. The second kappa shape index (κ2) is 3.20. The molecule has 52 valence electrons. The number of nitrogens with zero attached hydrogens (tertiary/aromatic N) is 1. The lowest BCUT2D eigenvalue weighted by Crippen LogP contribution is -2.27. The van der Waals surface area contributed by atoms with Gasteiger partial charge in [-0.3, -0.25) is 0 Å². The van der Waals surface area contributed by atoms with Crippen molar-refractivity contribution in [1.82, 2.24) is 5.48 Å². The molecule has 0 saturated heterocycles. The maximum atomic E-state index is 10.7. The fraction of sp³-hybridized carbons (Fsp3) is 0.800. The number of rotatable bonds is 1. The first-order valence-electron chi connectivity index (χ1n) is 2.54. The summed E-state index contributed by atoms with van der Waals surface area (Å²) in [6, 6.07) is 0. The Labute approximate surface area is 60.3 Å². The van der Waals surface area contributed by atoms with Crippen molar-refractivity contribution < 1.29 is 9.08 Å². The van der Waals surface area contributed by atoms with E-state index >= 15 is 0 Å². The minimum absolute atomic E-state index is 0.308. The van der Waals surface area contributed by atoms with Gasteiger partial charge in [-0.15, -0.1) is 0 Å². The van der Waals surface area contributed by atoms with Crippen molar-refractivity contribution >= 4 is 18.8 Å². The highest BCUT2D eigenvalue weighted by atomic mass is 32.1. The van der Waals surface area contributed by atoms with Crippen molar-refractivity contribution in [3.63, 3.8) is 0 Å². The summed E-state index contributed by atoms with van der Waals surface area (Å²) in [5, 5.41) is 0. The van der Waals surface area contributed by atoms with E-state index in [0.717, 1.165) is 0 Å². The van der Waals surface area contributed by atoms with Crippen LogP contribution in [0, 0.1) is 5.41 Å². The minimum Gasteiger partial charge on any atom is -0.213 e. The summed E-state index contributed by atoms with van der Waals surface area (Å²) in [6.07, 6.45) is 0. The zero-order valence-corrected chi connectivity index (χ0v) is 6.61. The van der Waals surface area contributed by atoms with Crippen molar-refractivity contribution in [2.24, 2.45) is 5.41 Å². The van der Waals surface area contributed by atoms with E-state index in [1.54, 1.807) is 20.8 Å². The van der Waals surface area contributed by atoms with Crippen LogP contribution in [0.4, 0.5) is 0 Å². The van der Waals surface area contributed by atoms with E-state index < -0.39 is 5.41 Å². The topological polar surface area (TPSA) is 40.4 Å². The number of carbonyl (C=O) groups excluding carboxylic acids is 1. The normalized spacial score (nSPS) is 11.6. The van der Waals surface area contributed by atoms with Crippen molar-refractivity contribution in [1.29, 1.82) is 0 Å². The molecule has 0 aliphatic heterocycles. The van der Waals surface area contributed by atoms with E-state index in [0.29, 0.717) is 0 Å². The molecule has 0 bridgehead atoms. The van der Waals surface area contributed by atoms with E-state index in [4.69, 9.17) is 0 Å². The molecule has 0 N–H and O–H groups in total. The Balaban J connectivity index is 3.74. The molecular formula is C5H10NO2S+. The number of hydrogen-bond donors (Lipinski definition) is 1. The first-order valence-corrected chi connectivity index (χ1v) is 2.91. The molecule has 0 aliphatic carbocycles. The van der Waals surface area contributed by atoms with Crippen LogP contribution in [0.25, 0.3) is 0 Å². The lowest BCUT2D eigenvalue weighted by molar-refractivity contribution is -0.135. The van der Waals surface area contributed by atoms with Crippen LogP contribution in [0.5, 0.6) is 0 Å². The van der Waals surface area contributed by atoms with Crippen LogP contribution in [0.2, 0.25) is 0 Å². The summed E-state index contributed by atoms with van der Waals surface area (Å²) >= 11 is 3.30. The van der Waals surface area contributed by atoms with Crippen LogP contribution in [0.1, 0.15) is 20.8 Å². The van der Waals surface area contributed by atoms with Crippen molar-refractivity contribution in [2.45, 2.75) is 20.8 Å². The minimum atomic E-state index is -0.470. The van der Waals surface area contributed by atoms with Gasteiger partial charge in [0.2, 0.25) is 0 Å². The van der Waals surface area contributed by atoms with Gasteiger partial charge in [-0.25, -0.2) is 4.79 Å². The lowest BCUT2D eigenvalue weighted by Gasteiger charge is -2.03. The van der Waals surface area contributed by atoms with Crippen LogP contribution in [-0.2, 0) is 9.08 Å². The van der Waals surface area contributed by atoms with Gasteiger partial charge in [0, 0.05) is 0 Å². The molecule has 0 aromatic rings. The first-order chi connectivity index (χ1) is 3.98. The molecule has 0 heterocycles. The summed E-state index contributed by atoms with van der Waals surface area (Å²) in [7, 11) is 0. The molecule has 4 heteroatoms. The molecule has 0 aromatic heterocycles. The number of amides is 1. The van der Waals surface area contributed by atoms with Crippen molar-refractivity contribution in [2.75, 3.05) is 0 Å². The monoisotopic (exact) mass is 148 g/mol. The van der Waals surface area contributed by atoms with E-state index in [1.165, 1.54) is 0 Å². The number of thiol groups is 1. The predicted octanol–water partition coefficient (Wildman–Crippen LogP) is 0.940. The maximum Gasteiger partial charge on any atom is 0.477 e. The molecule has 0 aliphatic rings. The third kappa shape index (κ3) is 3.51. The Morgan fingerprint density at radius 2 is 2.00 bits per heavy atom. The molecule has 0 unspecified atom stereocenters. The second-order valence-electron chi connectivity index (χ2n) is 2.73. The maximum absolute atomic E-state index is 10.7. The van der Waals surface area contributed by atoms with Gasteiger partial charge in [0.05, 0.1) is 18.3 Å². The Kier molecular flexibility index (Phi) is 3.17. The molecular weight excluding hydrogens is 138 g/mol. The average Bonchev–Trinajstić information content (AvgIpc) is 1.64. The highest BCUT2D eigenvalue weighted by molar-refractivity contribution is 7.75. The van der Waals surface area contributed by atoms with Gasteiger partial charge in [-0.2, -0.15) is 0 Å². The van der Waals surface area contributed by atoms with Gasteiger partial charge >= 0.3 is 11.4 Å². The molecule has 9 heavy (non-hydrogen) atoms. The highest BCUT2D eigenvalue weighted by Gasteiger charge is 2.35. The summed E-state index contributed by atoms with van der Waals surface area (Å²) in [4.78, 5) is 10.7. The van der Waals surface area contributed by atoms with E-state index in [9.17, 15) is 4.79 Å². The standard InChI is InChI=1S/C5H10NO2S/c1-5(2,3)4(7)6-8-9/h9H,1-3H3/q+1. The summed E-state index contributed by atoms with van der Waals surface area (Å²) < 4.78 is 4.00. The Bertz CT molecular complexity index is 108. The molecule has 1 amide bonds. The molecule has 3 nitrogen and oxygen atoms in total. The van der Waals surface area contributed by atoms with Crippen LogP contribution in [0.3, 0.4) is 0 Å². The smallest absolute Gasteiger partial charge is 0.213 e.